The first-order valence-electron chi connectivity index (χ1n) is 6.52. The van der Waals surface area contributed by atoms with Gasteiger partial charge in [-0.15, -0.1) is 6.58 Å². The molecule has 0 aliphatic heterocycles. The lowest BCUT2D eigenvalue weighted by Crippen LogP contribution is -2.37. The number of rotatable bonds is 3. The van der Waals surface area contributed by atoms with E-state index in [2.05, 4.69) is 51.9 Å². The van der Waals surface area contributed by atoms with Gasteiger partial charge >= 0.3 is 0 Å². The van der Waals surface area contributed by atoms with E-state index < -0.39 is 0 Å². The zero-order chi connectivity index (χ0) is 12.0. The fourth-order valence-corrected chi connectivity index (χ4v) is 4.40. The van der Waals surface area contributed by atoms with Crippen LogP contribution in [0.15, 0.2) is 24.3 Å². The third-order valence-corrected chi connectivity index (χ3v) is 5.29. The second-order valence-corrected chi connectivity index (χ2v) is 5.95. The highest BCUT2D eigenvalue weighted by Crippen LogP contribution is 2.62. The van der Waals surface area contributed by atoms with Crippen LogP contribution in [0, 0.1) is 16.7 Å². The molecule has 0 spiro atoms. The third kappa shape index (κ3) is 1.34. The first kappa shape index (κ1) is 11.9. The number of hydrogen-bond donors (Lipinski definition) is 1. The molecule has 1 fully saturated rings. The van der Waals surface area contributed by atoms with Crippen molar-refractivity contribution in [2.24, 2.45) is 16.7 Å². The fourth-order valence-electron chi connectivity index (χ4n) is 4.40. The van der Waals surface area contributed by atoms with Crippen molar-refractivity contribution in [3.05, 3.63) is 24.3 Å². The minimum Gasteiger partial charge on any atom is -0.313 e. The van der Waals surface area contributed by atoms with E-state index >= 15 is 0 Å². The smallest absolute Gasteiger partial charge is 0.0303 e. The summed E-state index contributed by atoms with van der Waals surface area (Å²) in [7, 11) is 2.09. The summed E-state index contributed by atoms with van der Waals surface area (Å²) in [5, 5.41) is 3.48. The number of hydrogen-bond acceptors (Lipinski definition) is 1. The zero-order valence-electron chi connectivity index (χ0n) is 11.1. The summed E-state index contributed by atoms with van der Waals surface area (Å²) >= 11 is 0. The van der Waals surface area contributed by atoms with Crippen LogP contribution < -0.4 is 5.32 Å². The van der Waals surface area contributed by atoms with Crippen LogP contribution in [0.5, 0.6) is 0 Å². The SMILES string of the molecule is C=CC1(CC)CC2C[C@]1(C)C=C(C)C2NC. The van der Waals surface area contributed by atoms with Gasteiger partial charge in [0.1, 0.15) is 0 Å². The van der Waals surface area contributed by atoms with Gasteiger partial charge in [0, 0.05) is 6.04 Å². The van der Waals surface area contributed by atoms with Crippen LogP contribution in [0.3, 0.4) is 0 Å². The summed E-state index contributed by atoms with van der Waals surface area (Å²) in [5.74, 6) is 0.790. The fraction of sp³-hybridized carbons (Fsp3) is 0.733. The van der Waals surface area contributed by atoms with Crippen LogP contribution in [0.4, 0.5) is 0 Å². The van der Waals surface area contributed by atoms with Crippen molar-refractivity contribution < 1.29 is 0 Å². The van der Waals surface area contributed by atoms with Crippen LogP contribution in [0.2, 0.25) is 0 Å². The average molecular weight is 219 g/mol. The molecule has 0 amide bonds. The maximum atomic E-state index is 4.12. The second-order valence-electron chi connectivity index (χ2n) is 5.95. The van der Waals surface area contributed by atoms with Gasteiger partial charge in [-0.2, -0.15) is 0 Å². The molecule has 0 radical (unpaired) electrons. The second kappa shape index (κ2) is 3.73. The van der Waals surface area contributed by atoms with E-state index in [4.69, 9.17) is 0 Å². The molecule has 0 heterocycles. The standard InChI is InChI=1S/C15H25N/c1-6-15(7-2)10-12-9-14(15,4)8-11(3)13(12)16-5/h6,8,12-13,16H,1,7,9-10H2,2-5H3/t12?,13?,14-,15?/m0/s1. The van der Waals surface area contributed by atoms with E-state index in [1.165, 1.54) is 24.8 Å². The van der Waals surface area contributed by atoms with Crippen molar-refractivity contribution in [3.63, 3.8) is 0 Å². The number of allylic oxidation sites excluding steroid dienone is 2. The van der Waals surface area contributed by atoms with Crippen molar-refractivity contribution in [2.75, 3.05) is 7.05 Å². The van der Waals surface area contributed by atoms with Crippen molar-refractivity contribution in [2.45, 2.75) is 46.1 Å². The zero-order valence-corrected chi connectivity index (χ0v) is 11.1. The van der Waals surface area contributed by atoms with Gasteiger partial charge in [0.2, 0.25) is 0 Å². The lowest BCUT2D eigenvalue weighted by Gasteiger charge is -2.40. The first-order chi connectivity index (χ1) is 7.52. The van der Waals surface area contributed by atoms with E-state index in [0.29, 0.717) is 16.9 Å². The molecule has 1 nitrogen and oxygen atoms in total. The number of likely N-dealkylation sites (N-methyl/N-ethyl adjacent to an activating group) is 1. The average Bonchev–Trinajstić information content (AvgIpc) is 2.48. The van der Waals surface area contributed by atoms with E-state index in [9.17, 15) is 0 Å². The predicted molar refractivity (Wildman–Crippen MR) is 70.4 cm³/mol. The van der Waals surface area contributed by atoms with Crippen molar-refractivity contribution >= 4 is 0 Å². The lowest BCUT2D eigenvalue weighted by atomic mass is 9.64. The Bertz CT molecular complexity index is 330. The topological polar surface area (TPSA) is 12.0 Å². The summed E-state index contributed by atoms with van der Waals surface area (Å²) in [4.78, 5) is 0. The molecule has 4 atom stereocenters. The molecular weight excluding hydrogens is 194 g/mol. The molecule has 0 aromatic rings. The quantitative estimate of drug-likeness (QED) is 0.716. The molecule has 0 aromatic heterocycles. The van der Waals surface area contributed by atoms with E-state index in [1.54, 1.807) is 0 Å². The van der Waals surface area contributed by atoms with Crippen molar-refractivity contribution in [1.29, 1.82) is 0 Å². The van der Waals surface area contributed by atoms with Gasteiger partial charge in [-0.3, -0.25) is 0 Å². The van der Waals surface area contributed by atoms with Gasteiger partial charge in [-0.05, 0) is 50.0 Å². The normalized spacial score (nSPS) is 46.6. The van der Waals surface area contributed by atoms with Gasteiger partial charge < -0.3 is 5.32 Å². The minimum absolute atomic E-state index is 0.324. The molecule has 0 aromatic carbocycles. The molecular formula is C15H25N. The van der Waals surface area contributed by atoms with E-state index in [-0.39, 0.29) is 0 Å². The highest BCUT2D eigenvalue weighted by molar-refractivity contribution is 5.29. The van der Waals surface area contributed by atoms with E-state index in [0.717, 1.165) is 5.92 Å². The molecule has 2 aliphatic carbocycles. The first-order valence-corrected chi connectivity index (χ1v) is 6.52. The molecule has 16 heavy (non-hydrogen) atoms. The van der Waals surface area contributed by atoms with Gasteiger partial charge in [0.25, 0.3) is 0 Å². The Labute approximate surface area is 100 Å². The maximum absolute atomic E-state index is 4.12. The summed E-state index contributed by atoms with van der Waals surface area (Å²) in [5.41, 5.74) is 2.19. The summed E-state index contributed by atoms with van der Waals surface area (Å²) in [6.45, 7) is 11.1. The van der Waals surface area contributed by atoms with Crippen LogP contribution in [-0.2, 0) is 0 Å². The molecule has 0 saturated heterocycles. The monoisotopic (exact) mass is 219 g/mol. The minimum atomic E-state index is 0.324. The van der Waals surface area contributed by atoms with E-state index in [1.807, 2.05) is 0 Å². The van der Waals surface area contributed by atoms with Crippen LogP contribution in [-0.4, -0.2) is 13.1 Å². The highest BCUT2D eigenvalue weighted by Gasteiger charge is 2.55. The Morgan fingerprint density at radius 3 is 2.75 bits per heavy atom. The van der Waals surface area contributed by atoms with Gasteiger partial charge in [-0.1, -0.05) is 31.6 Å². The molecule has 1 saturated carbocycles. The summed E-state index contributed by atoms with van der Waals surface area (Å²) in [6, 6.07) is 0.585. The van der Waals surface area contributed by atoms with Crippen LogP contribution in [0.1, 0.15) is 40.0 Å². The Balaban J connectivity index is 2.44. The van der Waals surface area contributed by atoms with Crippen molar-refractivity contribution in [1.82, 2.24) is 5.32 Å². The Morgan fingerprint density at radius 1 is 1.56 bits per heavy atom. The summed E-state index contributed by atoms with van der Waals surface area (Å²) < 4.78 is 0. The molecule has 1 N–H and O–H groups in total. The van der Waals surface area contributed by atoms with Crippen LogP contribution in [0.25, 0.3) is 0 Å². The number of nitrogens with one attached hydrogen (secondary N) is 1. The largest absolute Gasteiger partial charge is 0.313 e. The van der Waals surface area contributed by atoms with Gasteiger partial charge in [0.15, 0.2) is 0 Å². The Hall–Kier alpha value is -0.560. The van der Waals surface area contributed by atoms with Crippen LogP contribution >= 0.6 is 0 Å². The predicted octanol–water partition coefficient (Wildman–Crippen LogP) is 3.53. The lowest BCUT2D eigenvalue weighted by molar-refractivity contribution is 0.197. The van der Waals surface area contributed by atoms with Crippen molar-refractivity contribution in [3.8, 4) is 0 Å². The summed E-state index contributed by atoms with van der Waals surface area (Å²) in [6.07, 6.45) is 8.57. The Morgan fingerprint density at radius 2 is 2.25 bits per heavy atom. The third-order valence-electron chi connectivity index (χ3n) is 5.29. The molecule has 2 aliphatic rings. The molecule has 2 rings (SSSR count). The molecule has 1 heteroatoms. The Kier molecular flexibility index (Phi) is 2.78. The van der Waals surface area contributed by atoms with Gasteiger partial charge in [0.05, 0.1) is 0 Å². The molecule has 3 unspecified atom stereocenters. The molecule has 90 valence electrons. The van der Waals surface area contributed by atoms with Gasteiger partial charge in [-0.25, -0.2) is 0 Å². The molecule has 2 bridgehead atoms. The maximum Gasteiger partial charge on any atom is 0.0303 e. The highest BCUT2D eigenvalue weighted by atomic mass is 14.9. The number of fused-ring (bicyclic) bond motifs is 2.